The lowest BCUT2D eigenvalue weighted by atomic mass is 9.67. The van der Waals surface area contributed by atoms with Crippen LogP contribution in [0.3, 0.4) is 0 Å². The lowest BCUT2D eigenvalue weighted by molar-refractivity contribution is -0.141. The molecule has 3 heteroatoms. The van der Waals surface area contributed by atoms with Crippen molar-refractivity contribution >= 4 is 5.97 Å². The number of nitrogens with one attached hydrogen (secondary N) is 1. The Morgan fingerprint density at radius 2 is 2.12 bits per heavy atom. The van der Waals surface area contributed by atoms with E-state index < -0.39 is 5.97 Å². The number of carboxylic acids is 1. The molecular weight excluding hydrogens is 202 g/mol. The Labute approximate surface area is 98.6 Å². The minimum atomic E-state index is -0.684. The van der Waals surface area contributed by atoms with Crippen LogP contribution in [0.25, 0.3) is 0 Å². The second-order valence-corrected chi connectivity index (χ2v) is 5.69. The number of rotatable bonds is 7. The van der Waals surface area contributed by atoms with E-state index in [4.69, 9.17) is 5.11 Å². The summed E-state index contributed by atoms with van der Waals surface area (Å²) in [6, 6.07) is 0. The minimum Gasteiger partial charge on any atom is -0.481 e. The molecule has 1 aliphatic carbocycles. The fraction of sp³-hybridized carbons (Fsp3) is 0.923. The molecule has 1 saturated carbocycles. The SMILES string of the molecule is CCC(CNCC(C)(C)C1CCC1)C(=O)O. The lowest BCUT2D eigenvalue weighted by Gasteiger charge is -2.40. The summed E-state index contributed by atoms with van der Waals surface area (Å²) < 4.78 is 0. The predicted molar refractivity (Wildman–Crippen MR) is 65.4 cm³/mol. The number of hydrogen-bond acceptors (Lipinski definition) is 2. The molecule has 0 heterocycles. The molecule has 1 rings (SSSR count). The molecule has 94 valence electrons. The largest absolute Gasteiger partial charge is 0.481 e. The first-order valence-electron chi connectivity index (χ1n) is 6.41. The molecule has 0 radical (unpaired) electrons. The van der Waals surface area contributed by atoms with Crippen molar-refractivity contribution in [1.82, 2.24) is 5.32 Å². The van der Waals surface area contributed by atoms with Gasteiger partial charge in [-0.2, -0.15) is 0 Å². The highest BCUT2D eigenvalue weighted by atomic mass is 16.4. The van der Waals surface area contributed by atoms with Crippen molar-refractivity contribution < 1.29 is 9.90 Å². The Morgan fingerprint density at radius 3 is 2.50 bits per heavy atom. The maximum Gasteiger partial charge on any atom is 0.307 e. The highest BCUT2D eigenvalue weighted by molar-refractivity contribution is 5.70. The Morgan fingerprint density at radius 1 is 1.50 bits per heavy atom. The molecule has 0 saturated heterocycles. The van der Waals surface area contributed by atoms with Crippen LogP contribution in [0.2, 0.25) is 0 Å². The summed E-state index contributed by atoms with van der Waals surface area (Å²) in [4.78, 5) is 10.8. The third-order valence-electron chi connectivity index (χ3n) is 4.02. The van der Waals surface area contributed by atoms with Crippen molar-refractivity contribution in [2.24, 2.45) is 17.3 Å². The normalized spacial score (nSPS) is 19.2. The van der Waals surface area contributed by atoms with Crippen LogP contribution in [0, 0.1) is 17.3 Å². The molecule has 0 bridgehead atoms. The molecule has 16 heavy (non-hydrogen) atoms. The highest BCUT2D eigenvalue weighted by Gasteiger charge is 2.33. The van der Waals surface area contributed by atoms with Gasteiger partial charge in [-0.25, -0.2) is 0 Å². The van der Waals surface area contributed by atoms with Gasteiger partial charge in [0, 0.05) is 13.1 Å². The standard InChI is InChI=1S/C13H25NO2/c1-4-10(12(15)16)8-14-9-13(2,3)11-6-5-7-11/h10-11,14H,4-9H2,1-3H3,(H,15,16). The fourth-order valence-corrected chi connectivity index (χ4v) is 2.31. The fourth-order valence-electron chi connectivity index (χ4n) is 2.31. The Kier molecular flexibility index (Phi) is 4.78. The second kappa shape index (κ2) is 5.67. The van der Waals surface area contributed by atoms with Crippen molar-refractivity contribution in [2.75, 3.05) is 13.1 Å². The third kappa shape index (κ3) is 3.48. The van der Waals surface area contributed by atoms with E-state index in [1.54, 1.807) is 0 Å². The Bertz CT molecular complexity index is 234. The van der Waals surface area contributed by atoms with E-state index in [-0.39, 0.29) is 5.92 Å². The van der Waals surface area contributed by atoms with Crippen molar-refractivity contribution in [3.63, 3.8) is 0 Å². The molecule has 3 nitrogen and oxygen atoms in total. The van der Waals surface area contributed by atoms with Crippen LogP contribution >= 0.6 is 0 Å². The summed E-state index contributed by atoms with van der Waals surface area (Å²) in [7, 11) is 0. The number of carbonyl (C=O) groups is 1. The zero-order valence-electron chi connectivity index (χ0n) is 10.8. The van der Waals surface area contributed by atoms with E-state index in [1.807, 2.05) is 6.92 Å². The molecule has 0 aromatic heterocycles. The maximum atomic E-state index is 10.8. The smallest absolute Gasteiger partial charge is 0.307 e. The van der Waals surface area contributed by atoms with Crippen LogP contribution in [0.4, 0.5) is 0 Å². The van der Waals surface area contributed by atoms with Crippen LogP contribution in [0.5, 0.6) is 0 Å². The van der Waals surface area contributed by atoms with Crippen molar-refractivity contribution in [3.8, 4) is 0 Å². The summed E-state index contributed by atoms with van der Waals surface area (Å²) in [5, 5.41) is 12.3. The van der Waals surface area contributed by atoms with E-state index in [2.05, 4.69) is 19.2 Å². The van der Waals surface area contributed by atoms with Crippen LogP contribution in [0.1, 0.15) is 46.5 Å². The first-order chi connectivity index (χ1) is 7.47. The van der Waals surface area contributed by atoms with Gasteiger partial charge < -0.3 is 10.4 Å². The van der Waals surface area contributed by atoms with Crippen LogP contribution in [0.15, 0.2) is 0 Å². The summed E-state index contributed by atoms with van der Waals surface area (Å²) >= 11 is 0. The van der Waals surface area contributed by atoms with Crippen LogP contribution in [-0.2, 0) is 4.79 Å². The maximum absolute atomic E-state index is 10.8. The average Bonchev–Trinajstić information content (AvgIpc) is 2.07. The van der Waals surface area contributed by atoms with Gasteiger partial charge in [0.1, 0.15) is 0 Å². The Hall–Kier alpha value is -0.570. The summed E-state index contributed by atoms with van der Waals surface area (Å²) in [5.74, 6) is -0.0986. The summed E-state index contributed by atoms with van der Waals surface area (Å²) in [5.41, 5.74) is 0.315. The van der Waals surface area contributed by atoms with Gasteiger partial charge in [-0.1, -0.05) is 27.2 Å². The average molecular weight is 227 g/mol. The minimum absolute atomic E-state index is 0.239. The zero-order chi connectivity index (χ0) is 12.2. The molecule has 2 N–H and O–H groups in total. The van der Waals surface area contributed by atoms with E-state index in [0.717, 1.165) is 12.5 Å². The van der Waals surface area contributed by atoms with Crippen molar-refractivity contribution in [3.05, 3.63) is 0 Å². The molecule has 1 fully saturated rings. The van der Waals surface area contributed by atoms with Crippen LogP contribution in [-0.4, -0.2) is 24.2 Å². The summed E-state index contributed by atoms with van der Waals surface area (Å²) in [6.45, 7) is 8.03. The van der Waals surface area contributed by atoms with Gasteiger partial charge in [-0.05, 0) is 30.6 Å². The van der Waals surface area contributed by atoms with E-state index in [1.165, 1.54) is 19.3 Å². The topological polar surface area (TPSA) is 49.3 Å². The first-order valence-corrected chi connectivity index (χ1v) is 6.41. The van der Waals surface area contributed by atoms with Gasteiger partial charge in [0.2, 0.25) is 0 Å². The van der Waals surface area contributed by atoms with Gasteiger partial charge in [0.25, 0.3) is 0 Å². The monoisotopic (exact) mass is 227 g/mol. The van der Waals surface area contributed by atoms with Crippen molar-refractivity contribution in [2.45, 2.75) is 46.5 Å². The number of aliphatic carboxylic acids is 1. The van der Waals surface area contributed by atoms with Gasteiger partial charge in [-0.3, -0.25) is 4.79 Å². The molecule has 1 atom stereocenters. The first kappa shape index (κ1) is 13.5. The highest BCUT2D eigenvalue weighted by Crippen LogP contribution is 2.41. The molecule has 0 amide bonds. The van der Waals surface area contributed by atoms with Gasteiger partial charge in [0.05, 0.1) is 5.92 Å². The quantitative estimate of drug-likeness (QED) is 0.702. The molecule has 0 aromatic rings. The van der Waals surface area contributed by atoms with Crippen LogP contribution < -0.4 is 5.32 Å². The van der Waals surface area contributed by atoms with Gasteiger partial charge in [0.15, 0.2) is 0 Å². The molecular formula is C13H25NO2. The molecule has 0 aromatic carbocycles. The van der Waals surface area contributed by atoms with E-state index in [0.29, 0.717) is 18.4 Å². The third-order valence-corrected chi connectivity index (χ3v) is 4.02. The summed E-state index contributed by atoms with van der Waals surface area (Å²) in [6.07, 6.45) is 4.74. The molecule has 0 spiro atoms. The van der Waals surface area contributed by atoms with Gasteiger partial charge >= 0.3 is 5.97 Å². The van der Waals surface area contributed by atoms with Crippen molar-refractivity contribution in [1.29, 1.82) is 0 Å². The lowest BCUT2D eigenvalue weighted by Crippen LogP contribution is -2.41. The molecule has 0 aliphatic heterocycles. The van der Waals surface area contributed by atoms with E-state index >= 15 is 0 Å². The van der Waals surface area contributed by atoms with E-state index in [9.17, 15) is 4.79 Å². The second-order valence-electron chi connectivity index (χ2n) is 5.69. The molecule has 1 aliphatic rings. The zero-order valence-corrected chi connectivity index (χ0v) is 10.8. The Balaban J connectivity index is 2.25. The number of hydrogen-bond donors (Lipinski definition) is 2. The number of carboxylic acid groups (broad SMARTS) is 1. The molecule has 1 unspecified atom stereocenters. The van der Waals surface area contributed by atoms with Gasteiger partial charge in [-0.15, -0.1) is 0 Å². The predicted octanol–water partition coefficient (Wildman–Crippen LogP) is 2.51.